The summed E-state index contributed by atoms with van der Waals surface area (Å²) in [5.41, 5.74) is 3.06. The van der Waals surface area contributed by atoms with Crippen molar-refractivity contribution in [2.75, 3.05) is 4.90 Å². The molecule has 1 heterocycles. The molecule has 5 aromatic rings. The van der Waals surface area contributed by atoms with Crippen LogP contribution in [0.2, 0.25) is 5.02 Å². The summed E-state index contributed by atoms with van der Waals surface area (Å²) in [5, 5.41) is 2.94. The van der Waals surface area contributed by atoms with E-state index in [-0.39, 0.29) is 0 Å². The number of nitrogens with zero attached hydrogens (tertiary/aromatic N) is 1. The Labute approximate surface area is 196 Å². The topological polar surface area (TPSA) is 12.5 Å². The maximum absolute atomic E-state index is 6.68. The number of hydrogen-bond donors (Lipinski definition) is 0. The first-order valence-corrected chi connectivity index (χ1v) is 11.6. The molecule has 32 heavy (non-hydrogen) atoms. The lowest BCUT2D eigenvalue weighted by molar-refractivity contribution is 0.461. The number of halogens is 1. The summed E-state index contributed by atoms with van der Waals surface area (Å²) in [5.74, 6) is 1.66. The van der Waals surface area contributed by atoms with Gasteiger partial charge in [-0.25, -0.2) is 0 Å². The van der Waals surface area contributed by atoms with Crippen molar-refractivity contribution in [3.8, 4) is 11.5 Å². The molecule has 0 saturated heterocycles. The number of para-hydroxylation sites is 2. The maximum atomic E-state index is 6.68. The standard InChI is InChI=1S/C28H18ClNOS/c29-23-16-17-24(30(20-10-3-1-4-11-20)21-12-5-2-6-13-21)27-28(23)32-25-18-15-19-9-7-8-14-22(19)26(25)31-27/h1-18H. The Morgan fingerprint density at radius 3 is 2.00 bits per heavy atom. The zero-order chi connectivity index (χ0) is 21.5. The SMILES string of the molecule is Clc1ccc(N(c2ccccc2)c2ccccc2)c2c1Sc1ccc3ccccc3c1O2. The highest BCUT2D eigenvalue weighted by atomic mass is 35.5. The van der Waals surface area contributed by atoms with Crippen LogP contribution in [0.3, 0.4) is 0 Å². The van der Waals surface area contributed by atoms with E-state index in [1.54, 1.807) is 11.8 Å². The third-order valence-electron chi connectivity index (χ3n) is 5.57. The summed E-state index contributed by atoms with van der Waals surface area (Å²) in [7, 11) is 0. The molecule has 0 saturated carbocycles. The van der Waals surface area contributed by atoms with E-state index in [1.807, 2.05) is 60.7 Å². The zero-order valence-corrected chi connectivity index (χ0v) is 18.6. The minimum atomic E-state index is 0.689. The van der Waals surface area contributed by atoms with Gasteiger partial charge in [0.05, 0.1) is 20.5 Å². The fourth-order valence-electron chi connectivity index (χ4n) is 4.10. The lowest BCUT2D eigenvalue weighted by atomic mass is 10.1. The van der Waals surface area contributed by atoms with Crippen LogP contribution in [-0.2, 0) is 0 Å². The van der Waals surface area contributed by atoms with Gasteiger partial charge in [0.25, 0.3) is 0 Å². The van der Waals surface area contributed by atoms with Crippen molar-refractivity contribution >= 4 is 51.2 Å². The summed E-state index contributed by atoms with van der Waals surface area (Å²) in [6.07, 6.45) is 0. The molecule has 6 rings (SSSR count). The molecular formula is C28H18ClNOS. The van der Waals surface area contributed by atoms with Crippen molar-refractivity contribution in [1.82, 2.24) is 0 Å². The number of hydrogen-bond acceptors (Lipinski definition) is 3. The van der Waals surface area contributed by atoms with Crippen LogP contribution in [0.15, 0.2) is 119 Å². The molecule has 0 atom stereocenters. The molecule has 0 unspecified atom stereocenters. The molecule has 0 bridgehead atoms. The predicted molar refractivity (Wildman–Crippen MR) is 134 cm³/mol. The third-order valence-corrected chi connectivity index (χ3v) is 7.15. The minimum absolute atomic E-state index is 0.689. The Kier molecular flexibility index (Phi) is 4.79. The maximum Gasteiger partial charge on any atom is 0.166 e. The van der Waals surface area contributed by atoms with Crippen LogP contribution in [0.5, 0.6) is 11.5 Å². The summed E-state index contributed by atoms with van der Waals surface area (Å²) in [6.45, 7) is 0. The van der Waals surface area contributed by atoms with Crippen LogP contribution in [0.1, 0.15) is 0 Å². The van der Waals surface area contributed by atoms with Gasteiger partial charge in [-0.2, -0.15) is 0 Å². The second kappa shape index (κ2) is 7.94. The van der Waals surface area contributed by atoms with E-state index >= 15 is 0 Å². The van der Waals surface area contributed by atoms with Crippen molar-refractivity contribution in [3.05, 3.63) is 114 Å². The monoisotopic (exact) mass is 451 g/mol. The van der Waals surface area contributed by atoms with Crippen LogP contribution >= 0.6 is 23.4 Å². The average Bonchev–Trinajstić information content (AvgIpc) is 2.86. The quantitative estimate of drug-likeness (QED) is 0.266. The first-order valence-electron chi connectivity index (χ1n) is 10.4. The van der Waals surface area contributed by atoms with Crippen LogP contribution in [-0.4, -0.2) is 0 Å². The Bertz CT molecular complexity index is 1400. The van der Waals surface area contributed by atoms with E-state index < -0.39 is 0 Å². The van der Waals surface area contributed by atoms with Gasteiger partial charge >= 0.3 is 0 Å². The molecule has 5 aromatic carbocycles. The number of ether oxygens (including phenoxy) is 1. The summed E-state index contributed by atoms with van der Waals surface area (Å²) < 4.78 is 6.68. The molecule has 1 aliphatic heterocycles. The van der Waals surface area contributed by atoms with Crippen LogP contribution in [0.4, 0.5) is 17.1 Å². The Morgan fingerprint density at radius 1 is 0.625 bits per heavy atom. The van der Waals surface area contributed by atoms with E-state index in [4.69, 9.17) is 16.3 Å². The third kappa shape index (κ3) is 3.22. The van der Waals surface area contributed by atoms with E-state index in [1.165, 1.54) is 0 Å². The second-order valence-electron chi connectivity index (χ2n) is 7.55. The molecule has 4 heteroatoms. The highest BCUT2D eigenvalue weighted by molar-refractivity contribution is 7.99. The smallest absolute Gasteiger partial charge is 0.166 e. The van der Waals surface area contributed by atoms with Gasteiger partial charge in [-0.05, 0) is 47.9 Å². The van der Waals surface area contributed by atoms with Crippen molar-refractivity contribution in [3.63, 3.8) is 0 Å². The Balaban J connectivity index is 1.58. The summed E-state index contributed by atoms with van der Waals surface area (Å²) in [6, 6.07) is 37.2. The van der Waals surface area contributed by atoms with Crippen LogP contribution in [0.25, 0.3) is 10.8 Å². The second-order valence-corrected chi connectivity index (χ2v) is 9.01. The number of benzene rings is 5. The number of fused-ring (bicyclic) bond motifs is 4. The highest BCUT2D eigenvalue weighted by Crippen LogP contribution is 2.56. The fraction of sp³-hybridized carbons (Fsp3) is 0. The minimum Gasteiger partial charge on any atom is -0.452 e. The molecule has 1 aliphatic rings. The normalized spacial score (nSPS) is 12.0. The number of anilines is 3. The van der Waals surface area contributed by atoms with Gasteiger partial charge < -0.3 is 9.64 Å². The van der Waals surface area contributed by atoms with Gasteiger partial charge in [0, 0.05) is 16.8 Å². The molecule has 0 amide bonds. The van der Waals surface area contributed by atoms with E-state index in [0.717, 1.165) is 49.1 Å². The van der Waals surface area contributed by atoms with Crippen molar-refractivity contribution in [2.45, 2.75) is 9.79 Å². The average molecular weight is 452 g/mol. The molecular weight excluding hydrogens is 434 g/mol. The van der Waals surface area contributed by atoms with Gasteiger partial charge in [0.1, 0.15) is 5.75 Å². The summed E-state index contributed by atoms with van der Waals surface area (Å²) >= 11 is 8.34. The van der Waals surface area contributed by atoms with E-state index in [2.05, 4.69) is 53.4 Å². The van der Waals surface area contributed by atoms with E-state index in [9.17, 15) is 0 Å². The van der Waals surface area contributed by atoms with E-state index in [0.29, 0.717) is 5.02 Å². The van der Waals surface area contributed by atoms with Crippen molar-refractivity contribution < 1.29 is 4.74 Å². The van der Waals surface area contributed by atoms with Gasteiger partial charge in [-0.1, -0.05) is 90.1 Å². The molecule has 0 aromatic heterocycles. The van der Waals surface area contributed by atoms with Crippen LogP contribution < -0.4 is 9.64 Å². The summed E-state index contributed by atoms with van der Waals surface area (Å²) in [4.78, 5) is 4.22. The molecule has 0 spiro atoms. The molecule has 0 aliphatic carbocycles. The molecule has 0 fully saturated rings. The zero-order valence-electron chi connectivity index (χ0n) is 17.0. The number of rotatable bonds is 3. The van der Waals surface area contributed by atoms with Crippen molar-refractivity contribution in [2.24, 2.45) is 0 Å². The first kappa shape index (κ1) is 19.3. The van der Waals surface area contributed by atoms with Gasteiger partial charge in [-0.15, -0.1) is 0 Å². The van der Waals surface area contributed by atoms with Crippen molar-refractivity contribution in [1.29, 1.82) is 0 Å². The highest BCUT2D eigenvalue weighted by Gasteiger charge is 2.28. The van der Waals surface area contributed by atoms with Crippen LogP contribution in [0, 0.1) is 0 Å². The van der Waals surface area contributed by atoms with Gasteiger partial charge in [-0.3, -0.25) is 0 Å². The Hall–Kier alpha value is -3.40. The first-order chi connectivity index (χ1) is 15.8. The Morgan fingerprint density at radius 2 is 1.28 bits per heavy atom. The molecule has 154 valence electrons. The molecule has 0 radical (unpaired) electrons. The van der Waals surface area contributed by atoms with Gasteiger partial charge in [0.2, 0.25) is 0 Å². The lowest BCUT2D eigenvalue weighted by Gasteiger charge is -2.31. The lowest BCUT2D eigenvalue weighted by Crippen LogP contribution is -2.12. The predicted octanol–water partition coefficient (Wildman–Crippen LogP) is 9.22. The molecule has 2 nitrogen and oxygen atoms in total. The fourth-order valence-corrected chi connectivity index (χ4v) is 5.37. The largest absolute Gasteiger partial charge is 0.452 e. The molecule has 0 N–H and O–H groups in total. The van der Waals surface area contributed by atoms with Gasteiger partial charge in [0.15, 0.2) is 5.75 Å².